The van der Waals surface area contributed by atoms with Crippen LogP contribution in [0.4, 0.5) is 0 Å². The molecule has 1 saturated heterocycles. The summed E-state index contributed by atoms with van der Waals surface area (Å²) < 4.78 is 11.4. The van der Waals surface area contributed by atoms with Crippen LogP contribution in [0.2, 0.25) is 16.6 Å². The van der Waals surface area contributed by atoms with Crippen LogP contribution in [0.1, 0.15) is 61.8 Å². The number of carbonyl (C=O) groups excluding carboxylic acids is 1. The van der Waals surface area contributed by atoms with Gasteiger partial charge in [0.2, 0.25) is 5.60 Å². The van der Waals surface area contributed by atoms with E-state index >= 15 is 0 Å². The zero-order chi connectivity index (χ0) is 19.6. The number of carbonyl (C=O) groups is 2. The van der Waals surface area contributed by atoms with Crippen LogP contribution in [0.3, 0.4) is 0 Å². The fourth-order valence-electron chi connectivity index (χ4n) is 3.95. The Hall–Kier alpha value is -1.16. The SMILES string of the molecule is CC(C)[Si](C#CC1(C(=O)CC(=O)O)COC(C)(C)O1)(C(C)C)C(C)C. The quantitative estimate of drug-likeness (QED) is 0.439. The van der Waals surface area contributed by atoms with Gasteiger partial charge in [0, 0.05) is 0 Å². The zero-order valence-corrected chi connectivity index (χ0v) is 17.7. The van der Waals surface area contributed by atoms with E-state index in [-0.39, 0.29) is 6.61 Å². The van der Waals surface area contributed by atoms with E-state index in [2.05, 4.69) is 53.0 Å². The first-order valence-electron chi connectivity index (χ1n) is 8.92. The third-order valence-corrected chi connectivity index (χ3v) is 11.4. The average molecular weight is 369 g/mol. The van der Waals surface area contributed by atoms with Gasteiger partial charge in [-0.25, -0.2) is 0 Å². The Bertz CT molecular complexity index is 561. The summed E-state index contributed by atoms with van der Waals surface area (Å²) in [6.07, 6.45) is -0.617. The average Bonchev–Trinajstić information content (AvgIpc) is 2.74. The van der Waals surface area contributed by atoms with Crippen molar-refractivity contribution in [1.82, 2.24) is 0 Å². The van der Waals surface area contributed by atoms with Crippen LogP contribution >= 0.6 is 0 Å². The van der Waals surface area contributed by atoms with E-state index in [0.29, 0.717) is 16.6 Å². The van der Waals surface area contributed by atoms with E-state index < -0.39 is 37.6 Å². The largest absolute Gasteiger partial charge is 0.481 e. The van der Waals surface area contributed by atoms with E-state index in [0.717, 1.165) is 0 Å². The van der Waals surface area contributed by atoms with Crippen molar-refractivity contribution in [3.63, 3.8) is 0 Å². The smallest absolute Gasteiger partial charge is 0.311 e. The highest BCUT2D eigenvalue weighted by atomic mass is 28.3. The Morgan fingerprint density at radius 1 is 1.08 bits per heavy atom. The van der Waals surface area contributed by atoms with Gasteiger partial charge in [-0.05, 0) is 30.5 Å². The first kappa shape index (κ1) is 21.9. The van der Waals surface area contributed by atoms with Crippen LogP contribution in [-0.4, -0.2) is 42.9 Å². The highest BCUT2D eigenvalue weighted by Gasteiger charge is 2.51. The summed E-state index contributed by atoms with van der Waals surface area (Å²) >= 11 is 0. The van der Waals surface area contributed by atoms with E-state index in [1.807, 2.05) is 0 Å². The molecule has 0 saturated carbocycles. The molecule has 5 nitrogen and oxygen atoms in total. The lowest BCUT2D eigenvalue weighted by molar-refractivity contribution is -0.164. The van der Waals surface area contributed by atoms with Gasteiger partial charge < -0.3 is 14.6 Å². The maximum atomic E-state index is 12.6. The topological polar surface area (TPSA) is 72.8 Å². The second-order valence-electron chi connectivity index (χ2n) is 8.26. The number of aliphatic carboxylic acids is 1. The third kappa shape index (κ3) is 4.52. The van der Waals surface area contributed by atoms with Gasteiger partial charge in [-0.1, -0.05) is 47.5 Å². The van der Waals surface area contributed by atoms with Crippen molar-refractivity contribution >= 4 is 19.8 Å². The molecule has 142 valence electrons. The van der Waals surface area contributed by atoms with Crippen LogP contribution in [0, 0.1) is 11.5 Å². The minimum atomic E-state index is -2.07. The summed E-state index contributed by atoms with van der Waals surface area (Å²) in [4.78, 5) is 23.7. The molecule has 6 heteroatoms. The van der Waals surface area contributed by atoms with Crippen LogP contribution in [0.15, 0.2) is 0 Å². The summed E-state index contributed by atoms with van der Waals surface area (Å²) in [6.45, 7) is 16.5. The van der Waals surface area contributed by atoms with Crippen LogP contribution in [0.25, 0.3) is 0 Å². The number of hydrogen-bond donors (Lipinski definition) is 1. The normalized spacial score (nSPS) is 23.0. The lowest BCUT2D eigenvalue weighted by atomic mass is 9.98. The molecule has 1 aliphatic rings. The molecule has 1 heterocycles. The van der Waals surface area contributed by atoms with Gasteiger partial charge in [-0.3, -0.25) is 9.59 Å². The number of ketones is 1. The molecular formula is C19H32O5Si. The first-order chi connectivity index (χ1) is 11.3. The fourth-order valence-corrected chi connectivity index (χ4v) is 9.23. The summed E-state index contributed by atoms with van der Waals surface area (Å²) in [6, 6.07) is 0. The molecule has 1 unspecified atom stereocenters. The molecule has 0 aromatic heterocycles. The molecule has 1 rings (SSSR count). The van der Waals surface area contributed by atoms with Crippen molar-refractivity contribution in [2.45, 2.75) is 89.8 Å². The molecular weight excluding hydrogens is 336 g/mol. The number of carboxylic acid groups (broad SMARTS) is 1. The van der Waals surface area contributed by atoms with E-state index in [9.17, 15) is 9.59 Å². The standard InChI is InChI=1S/C19H32O5Si/c1-13(2)25(14(3)4,15(5)6)10-9-19(16(20)11-17(21)22)12-23-18(7,8)24-19/h13-15H,11-12H2,1-8H3,(H,21,22). The van der Waals surface area contributed by atoms with E-state index in [4.69, 9.17) is 14.6 Å². The summed E-state index contributed by atoms with van der Waals surface area (Å²) in [5, 5.41) is 9.02. The maximum Gasteiger partial charge on any atom is 0.311 e. The van der Waals surface area contributed by atoms with Crippen molar-refractivity contribution in [3.8, 4) is 11.5 Å². The Morgan fingerprint density at radius 3 is 1.88 bits per heavy atom. The molecule has 0 spiro atoms. The minimum Gasteiger partial charge on any atom is -0.481 e. The number of ether oxygens (including phenoxy) is 2. The summed E-state index contributed by atoms with van der Waals surface area (Å²) in [5.41, 5.74) is 3.20. The number of rotatable bonds is 6. The minimum absolute atomic E-state index is 0.0299. The van der Waals surface area contributed by atoms with Gasteiger partial charge in [0.25, 0.3) is 0 Å². The Labute approximate surface area is 152 Å². The van der Waals surface area contributed by atoms with Gasteiger partial charge in [0.05, 0.1) is 6.61 Å². The highest BCUT2D eigenvalue weighted by Crippen LogP contribution is 2.41. The lowest BCUT2D eigenvalue weighted by Crippen LogP contribution is -2.46. The fraction of sp³-hybridized carbons (Fsp3) is 0.789. The molecule has 1 N–H and O–H groups in total. The van der Waals surface area contributed by atoms with E-state index in [1.165, 1.54) is 0 Å². The molecule has 0 radical (unpaired) electrons. The van der Waals surface area contributed by atoms with Crippen molar-refractivity contribution in [1.29, 1.82) is 0 Å². The molecule has 0 bridgehead atoms. The molecule has 0 aromatic carbocycles. The van der Waals surface area contributed by atoms with Gasteiger partial charge in [-0.2, -0.15) is 0 Å². The van der Waals surface area contributed by atoms with Crippen LogP contribution < -0.4 is 0 Å². The second kappa shape index (κ2) is 7.61. The second-order valence-corrected chi connectivity index (χ2v) is 13.8. The van der Waals surface area contributed by atoms with Gasteiger partial charge in [0.15, 0.2) is 11.6 Å². The predicted octanol–water partition coefficient (Wildman–Crippen LogP) is 3.77. The molecule has 0 aliphatic carbocycles. The lowest BCUT2D eigenvalue weighted by Gasteiger charge is -2.38. The highest BCUT2D eigenvalue weighted by molar-refractivity contribution is 6.90. The van der Waals surface area contributed by atoms with Gasteiger partial charge >= 0.3 is 5.97 Å². The van der Waals surface area contributed by atoms with Crippen molar-refractivity contribution in [3.05, 3.63) is 0 Å². The van der Waals surface area contributed by atoms with Crippen molar-refractivity contribution in [2.75, 3.05) is 6.61 Å². The maximum absolute atomic E-state index is 12.6. The van der Waals surface area contributed by atoms with Crippen LogP contribution in [-0.2, 0) is 19.1 Å². The van der Waals surface area contributed by atoms with Crippen LogP contribution in [0.5, 0.6) is 0 Å². The Kier molecular flexibility index (Phi) is 6.66. The third-order valence-electron chi connectivity index (χ3n) is 5.15. The van der Waals surface area contributed by atoms with Crippen molar-refractivity contribution < 1.29 is 24.2 Å². The predicted molar refractivity (Wildman–Crippen MR) is 99.9 cm³/mol. The Morgan fingerprint density at radius 2 is 1.56 bits per heavy atom. The van der Waals surface area contributed by atoms with Gasteiger partial charge in [-0.15, -0.1) is 5.54 Å². The summed E-state index contributed by atoms with van der Waals surface area (Å²) in [5.74, 6) is 0.409. The van der Waals surface area contributed by atoms with Crippen molar-refractivity contribution in [2.24, 2.45) is 0 Å². The molecule has 0 aromatic rings. The zero-order valence-electron chi connectivity index (χ0n) is 16.7. The number of carboxylic acids is 1. The molecule has 0 amide bonds. The van der Waals surface area contributed by atoms with Gasteiger partial charge in [0.1, 0.15) is 14.5 Å². The van der Waals surface area contributed by atoms with E-state index in [1.54, 1.807) is 13.8 Å². The Balaban J connectivity index is 3.43. The molecule has 1 atom stereocenters. The monoisotopic (exact) mass is 368 g/mol. The molecule has 1 fully saturated rings. The summed E-state index contributed by atoms with van der Waals surface area (Å²) in [7, 11) is -2.07. The number of Topliss-reactive ketones (excluding diaryl/α,β-unsaturated/α-hetero) is 1. The molecule has 1 aliphatic heterocycles. The number of hydrogen-bond acceptors (Lipinski definition) is 4. The molecule has 25 heavy (non-hydrogen) atoms. The first-order valence-corrected chi connectivity index (χ1v) is 11.2.